The average molecular weight is 402 g/mol. The Bertz CT molecular complexity index is 1210. The van der Waals surface area contributed by atoms with Crippen LogP contribution >= 0.6 is 11.6 Å². The first-order valence-corrected chi connectivity index (χ1v) is 9.45. The average Bonchev–Trinajstić information content (AvgIpc) is 3.01. The van der Waals surface area contributed by atoms with Crippen molar-refractivity contribution in [2.45, 2.75) is 31.8 Å². The highest BCUT2D eigenvalue weighted by atomic mass is 35.5. The predicted molar refractivity (Wildman–Crippen MR) is 105 cm³/mol. The Balaban J connectivity index is 1.66. The van der Waals surface area contributed by atoms with Crippen LogP contribution in [0.1, 0.15) is 30.0 Å². The maximum Gasteiger partial charge on any atom is 0.332 e. The number of nitrogens with one attached hydrogen (secondary N) is 1. The van der Waals surface area contributed by atoms with Gasteiger partial charge in [0.25, 0.3) is 5.56 Å². The summed E-state index contributed by atoms with van der Waals surface area (Å²) in [6.07, 6.45) is 2.86. The van der Waals surface area contributed by atoms with E-state index in [1.54, 1.807) is 0 Å². The molecule has 0 fully saturated rings. The van der Waals surface area contributed by atoms with Crippen molar-refractivity contribution in [2.75, 3.05) is 0 Å². The zero-order chi connectivity index (χ0) is 20.0. The lowest BCUT2D eigenvalue weighted by Gasteiger charge is -2.26. The number of hydrogen-bond donors (Lipinski definition) is 1. The third kappa shape index (κ3) is 2.93. The normalized spacial score (nSPS) is 16.2. The number of imidazole rings is 1. The molecule has 146 valence electrons. The van der Waals surface area contributed by atoms with Gasteiger partial charge in [0.15, 0.2) is 11.2 Å². The van der Waals surface area contributed by atoms with Crippen LogP contribution in [0.4, 0.5) is 0 Å². The predicted octanol–water partition coefficient (Wildman–Crippen LogP) is 1.28. The SMILES string of the molecule is Cn1c(=O)c2c(nc(Cl)n2CC(=O)N[C@@H]2CCCc3ccccc32)n(C)c1=O. The number of hydrogen-bond acceptors (Lipinski definition) is 4. The molecule has 8 nitrogen and oxygen atoms in total. The van der Waals surface area contributed by atoms with E-state index in [4.69, 9.17) is 11.6 Å². The molecule has 0 bridgehead atoms. The molecule has 9 heteroatoms. The van der Waals surface area contributed by atoms with Crippen LogP contribution in [-0.2, 0) is 31.9 Å². The molecule has 1 atom stereocenters. The standard InChI is InChI=1S/C19H20ClN5O3/c1-23-16-15(17(27)24(2)19(23)28)25(18(20)22-16)10-14(26)21-13-9-5-7-11-6-3-4-8-12(11)13/h3-4,6,8,13H,5,7,9-10H2,1-2H3,(H,21,26)/t13-/m1/s1. The summed E-state index contributed by atoms with van der Waals surface area (Å²) in [4.78, 5) is 41.5. The molecule has 0 saturated carbocycles. The molecule has 1 amide bonds. The summed E-state index contributed by atoms with van der Waals surface area (Å²) in [5, 5.41) is 3.03. The number of benzene rings is 1. The topological polar surface area (TPSA) is 90.9 Å². The molecule has 0 unspecified atom stereocenters. The van der Waals surface area contributed by atoms with Crippen LogP contribution in [0.15, 0.2) is 33.9 Å². The molecule has 0 aliphatic heterocycles. The lowest BCUT2D eigenvalue weighted by Crippen LogP contribution is -2.38. The van der Waals surface area contributed by atoms with Crippen molar-refractivity contribution in [1.82, 2.24) is 24.0 Å². The monoisotopic (exact) mass is 401 g/mol. The van der Waals surface area contributed by atoms with Crippen molar-refractivity contribution < 1.29 is 4.79 Å². The minimum Gasteiger partial charge on any atom is -0.348 e. The van der Waals surface area contributed by atoms with Gasteiger partial charge in [-0.3, -0.25) is 23.3 Å². The number of carbonyl (C=O) groups is 1. The molecule has 28 heavy (non-hydrogen) atoms. The van der Waals surface area contributed by atoms with E-state index < -0.39 is 11.2 Å². The molecule has 1 aliphatic carbocycles. The Kier molecular flexibility index (Phi) is 4.58. The van der Waals surface area contributed by atoms with Crippen LogP contribution in [-0.4, -0.2) is 24.6 Å². The largest absolute Gasteiger partial charge is 0.348 e. The second-order valence-electron chi connectivity index (χ2n) is 7.06. The molecule has 0 spiro atoms. The van der Waals surface area contributed by atoms with Crippen LogP contribution in [0.25, 0.3) is 11.2 Å². The van der Waals surface area contributed by atoms with Crippen LogP contribution in [0.2, 0.25) is 5.28 Å². The van der Waals surface area contributed by atoms with Crippen LogP contribution < -0.4 is 16.6 Å². The van der Waals surface area contributed by atoms with Gasteiger partial charge in [0.05, 0.1) is 6.04 Å². The first-order chi connectivity index (χ1) is 13.4. The number of halogens is 1. The minimum atomic E-state index is -0.534. The fourth-order valence-electron chi connectivity index (χ4n) is 3.85. The lowest BCUT2D eigenvalue weighted by atomic mass is 9.88. The van der Waals surface area contributed by atoms with E-state index in [0.717, 1.165) is 29.4 Å². The quantitative estimate of drug-likeness (QED) is 0.669. The summed E-state index contributed by atoms with van der Waals surface area (Å²) in [6, 6.07) is 8.01. The van der Waals surface area contributed by atoms with E-state index in [1.165, 1.54) is 28.8 Å². The fraction of sp³-hybridized carbons (Fsp3) is 0.368. The van der Waals surface area contributed by atoms with E-state index in [-0.39, 0.29) is 34.9 Å². The van der Waals surface area contributed by atoms with Crippen LogP contribution in [0, 0.1) is 0 Å². The summed E-state index contributed by atoms with van der Waals surface area (Å²) >= 11 is 6.19. The van der Waals surface area contributed by atoms with Crippen molar-refractivity contribution in [3.8, 4) is 0 Å². The molecule has 1 N–H and O–H groups in total. The number of nitrogens with zero attached hydrogens (tertiary/aromatic N) is 4. The summed E-state index contributed by atoms with van der Waals surface area (Å²) in [7, 11) is 2.89. The van der Waals surface area contributed by atoms with Gasteiger partial charge >= 0.3 is 5.69 Å². The Labute approximate surface area is 165 Å². The number of aromatic nitrogens is 4. The highest BCUT2D eigenvalue weighted by molar-refractivity contribution is 6.29. The number of fused-ring (bicyclic) bond motifs is 2. The second-order valence-corrected chi connectivity index (χ2v) is 7.39. The Morgan fingerprint density at radius 1 is 1.25 bits per heavy atom. The number of rotatable bonds is 3. The molecular formula is C19H20ClN5O3. The number of amides is 1. The Morgan fingerprint density at radius 2 is 2.00 bits per heavy atom. The van der Waals surface area contributed by atoms with E-state index in [0.29, 0.717) is 0 Å². The molecule has 1 aliphatic rings. The molecule has 0 radical (unpaired) electrons. The Morgan fingerprint density at radius 3 is 2.79 bits per heavy atom. The van der Waals surface area contributed by atoms with Gasteiger partial charge in [0.2, 0.25) is 11.2 Å². The van der Waals surface area contributed by atoms with E-state index in [2.05, 4.69) is 16.4 Å². The van der Waals surface area contributed by atoms with Crippen molar-refractivity contribution in [2.24, 2.45) is 14.1 Å². The maximum atomic E-state index is 12.7. The molecule has 0 saturated heterocycles. The van der Waals surface area contributed by atoms with Gasteiger partial charge in [-0.1, -0.05) is 24.3 Å². The number of aryl methyl sites for hydroxylation is 2. The lowest BCUT2D eigenvalue weighted by molar-refractivity contribution is -0.122. The van der Waals surface area contributed by atoms with Gasteiger partial charge in [-0.05, 0) is 42.0 Å². The van der Waals surface area contributed by atoms with Crippen LogP contribution in [0.5, 0.6) is 0 Å². The van der Waals surface area contributed by atoms with Gasteiger partial charge in [-0.25, -0.2) is 4.79 Å². The van der Waals surface area contributed by atoms with Crippen molar-refractivity contribution >= 4 is 28.7 Å². The highest BCUT2D eigenvalue weighted by Crippen LogP contribution is 2.29. The fourth-order valence-corrected chi connectivity index (χ4v) is 4.08. The third-order valence-corrected chi connectivity index (χ3v) is 5.60. The molecular weight excluding hydrogens is 382 g/mol. The van der Waals surface area contributed by atoms with Gasteiger partial charge in [-0.2, -0.15) is 4.98 Å². The van der Waals surface area contributed by atoms with Gasteiger partial charge < -0.3 is 5.32 Å². The summed E-state index contributed by atoms with van der Waals surface area (Å²) in [5.74, 6) is -0.265. The van der Waals surface area contributed by atoms with Crippen molar-refractivity contribution in [1.29, 1.82) is 0 Å². The highest BCUT2D eigenvalue weighted by Gasteiger charge is 2.24. The van der Waals surface area contributed by atoms with Crippen LogP contribution in [0.3, 0.4) is 0 Å². The third-order valence-electron chi connectivity index (χ3n) is 5.31. The van der Waals surface area contributed by atoms with Crippen molar-refractivity contribution in [3.63, 3.8) is 0 Å². The van der Waals surface area contributed by atoms with Gasteiger partial charge in [0.1, 0.15) is 6.54 Å². The van der Waals surface area contributed by atoms with E-state index >= 15 is 0 Å². The molecule has 2 aromatic heterocycles. The molecule has 1 aromatic carbocycles. The van der Waals surface area contributed by atoms with E-state index in [9.17, 15) is 14.4 Å². The van der Waals surface area contributed by atoms with Gasteiger partial charge in [0, 0.05) is 14.1 Å². The smallest absolute Gasteiger partial charge is 0.332 e. The molecule has 3 aromatic rings. The first kappa shape index (κ1) is 18.5. The minimum absolute atomic E-state index is 0.00695. The summed E-state index contributed by atoms with van der Waals surface area (Å²) < 4.78 is 3.57. The summed E-state index contributed by atoms with van der Waals surface area (Å²) in [5.41, 5.74) is 1.63. The molecule has 2 heterocycles. The first-order valence-electron chi connectivity index (χ1n) is 9.07. The maximum absolute atomic E-state index is 12.7. The second kappa shape index (κ2) is 6.94. The zero-order valence-corrected chi connectivity index (χ0v) is 16.4. The summed E-state index contributed by atoms with van der Waals surface area (Å²) in [6.45, 7) is -0.151. The van der Waals surface area contributed by atoms with Crippen molar-refractivity contribution in [3.05, 3.63) is 61.5 Å². The Hall–Kier alpha value is -2.87. The molecule has 4 rings (SSSR count). The zero-order valence-electron chi connectivity index (χ0n) is 15.6. The number of carbonyl (C=O) groups excluding carboxylic acids is 1. The van der Waals surface area contributed by atoms with Gasteiger partial charge in [-0.15, -0.1) is 0 Å². The van der Waals surface area contributed by atoms with E-state index in [1.807, 2.05) is 18.2 Å².